The topological polar surface area (TPSA) is 47.1 Å². The summed E-state index contributed by atoms with van der Waals surface area (Å²) in [7, 11) is 3.80. The summed E-state index contributed by atoms with van der Waals surface area (Å²) in [5.74, 6) is 0.638. The predicted molar refractivity (Wildman–Crippen MR) is 75.5 cm³/mol. The lowest BCUT2D eigenvalue weighted by Gasteiger charge is -2.20. The van der Waals surface area contributed by atoms with Crippen LogP contribution in [0.5, 0.6) is 0 Å². The maximum atomic E-state index is 13.2. The molecule has 102 valence electrons. The third-order valence-corrected chi connectivity index (χ3v) is 3.13. The van der Waals surface area contributed by atoms with Crippen LogP contribution in [0.3, 0.4) is 0 Å². The van der Waals surface area contributed by atoms with Crippen molar-refractivity contribution in [3.05, 3.63) is 41.3 Å². The maximum absolute atomic E-state index is 13.2. The summed E-state index contributed by atoms with van der Waals surface area (Å²) in [6, 6.07) is 6.58. The number of aromatic nitrogens is 2. The highest BCUT2D eigenvalue weighted by Gasteiger charge is 2.15. The van der Waals surface area contributed by atoms with Crippen LogP contribution in [0.25, 0.3) is 0 Å². The zero-order valence-electron chi connectivity index (χ0n) is 11.5. The number of nitrogen functional groups attached to an aromatic ring is 1. The molecule has 0 saturated carbocycles. The van der Waals surface area contributed by atoms with E-state index in [1.165, 1.54) is 12.1 Å². The number of hydrogen-bond donors (Lipinski definition) is 1. The van der Waals surface area contributed by atoms with Crippen molar-refractivity contribution in [3.63, 3.8) is 0 Å². The lowest BCUT2D eigenvalue weighted by atomic mass is 10.2. The number of benzene rings is 1. The summed E-state index contributed by atoms with van der Waals surface area (Å²) in [4.78, 5) is 1.98. The van der Waals surface area contributed by atoms with E-state index in [1.807, 2.05) is 32.0 Å². The van der Waals surface area contributed by atoms with Gasteiger partial charge >= 0.3 is 0 Å². The number of nitrogens with zero attached hydrogens (tertiary/aromatic N) is 3. The van der Waals surface area contributed by atoms with Gasteiger partial charge in [0.25, 0.3) is 0 Å². The third kappa shape index (κ3) is 2.70. The molecule has 0 radical (unpaired) electrons. The molecule has 2 rings (SSSR count). The van der Waals surface area contributed by atoms with Crippen LogP contribution in [0.4, 0.5) is 15.9 Å². The molecule has 0 aliphatic carbocycles. The fourth-order valence-electron chi connectivity index (χ4n) is 2.28. The average Bonchev–Trinajstić information content (AvgIpc) is 2.64. The molecule has 0 spiro atoms. The smallest absolute Gasteiger partial charge is 0.150 e. The van der Waals surface area contributed by atoms with Gasteiger partial charge in [-0.3, -0.25) is 4.68 Å². The molecule has 0 saturated heterocycles. The Kier molecular flexibility index (Phi) is 3.74. The molecule has 0 atom stereocenters. The summed E-state index contributed by atoms with van der Waals surface area (Å²) in [5.41, 5.74) is 8.59. The van der Waals surface area contributed by atoms with E-state index in [4.69, 9.17) is 5.73 Å². The third-order valence-electron chi connectivity index (χ3n) is 3.13. The minimum absolute atomic E-state index is 0.224. The second-order valence-electron chi connectivity index (χ2n) is 4.65. The van der Waals surface area contributed by atoms with E-state index in [2.05, 4.69) is 5.10 Å². The maximum Gasteiger partial charge on any atom is 0.150 e. The van der Waals surface area contributed by atoms with Gasteiger partial charge in [0.15, 0.2) is 0 Å². The van der Waals surface area contributed by atoms with Gasteiger partial charge in [0.2, 0.25) is 0 Å². The zero-order chi connectivity index (χ0) is 14.0. The minimum atomic E-state index is -0.224. The van der Waals surface area contributed by atoms with Gasteiger partial charge in [0.05, 0.1) is 11.4 Å². The molecule has 1 aromatic carbocycles. The number of anilines is 2. The fraction of sp³-hybridized carbons (Fsp3) is 0.357. The van der Waals surface area contributed by atoms with Gasteiger partial charge in [-0.05, 0) is 24.1 Å². The Hall–Kier alpha value is -2.04. The van der Waals surface area contributed by atoms with Crippen molar-refractivity contribution in [1.82, 2.24) is 9.78 Å². The molecule has 4 nitrogen and oxygen atoms in total. The van der Waals surface area contributed by atoms with Crippen molar-refractivity contribution in [2.24, 2.45) is 7.05 Å². The Morgan fingerprint density at radius 1 is 1.42 bits per heavy atom. The monoisotopic (exact) mass is 262 g/mol. The summed E-state index contributed by atoms with van der Waals surface area (Å²) in [6.07, 6.45) is 0.799. The quantitative estimate of drug-likeness (QED) is 0.920. The number of halogens is 1. The number of aryl methyl sites for hydroxylation is 2. The highest BCUT2D eigenvalue weighted by molar-refractivity contribution is 5.66. The van der Waals surface area contributed by atoms with Gasteiger partial charge in [-0.1, -0.05) is 19.1 Å². The molecule has 5 heteroatoms. The van der Waals surface area contributed by atoms with Gasteiger partial charge in [-0.25, -0.2) is 4.39 Å². The van der Waals surface area contributed by atoms with E-state index >= 15 is 0 Å². The highest BCUT2D eigenvalue weighted by Crippen LogP contribution is 2.26. The Morgan fingerprint density at radius 3 is 2.74 bits per heavy atom. The number of nitrogens with two attached hydrogens (primary N) is 1. The Morgan fingerprint density at radius 2 is 2.16 bits per heavy atom. The number of hydrogen-bond acceptors (Lipinski definition) is 3. The molecule has 0 unspecified atom stereocenters. The van der Waals surface area contributed by atoms with Crippen LogP contribution >= 0.6 is 0 Å². The summed E-state index contributed by atoms with van der Waals surface area (Å²) in [5, 5.41) is 4.38. The van der Waals surface area contributed by atoms with Crippen molar-refractivity contribution < 1.29 is 4.39 Å². The molecule has 0 bridgehead atoms. The number of rotatable bonds is 4. The molecule has 1 heterocycles. The zero-order valence-corrected chi connectivity index (χ0v) is 11.5. The molecule has 19 heavy (non-hydrogen) atoms. The Bertz CT molecular complexity index is 577. The Balaban J connectivity index is 2.25. The van der Waals surface area contributed by atoms with Gasteiger partial charge in [0.1, 0.15) is 11.6 Å². The van der Waals surface area contributed by atoms with E-state index < -0.39 is 0 Å². The van der Waals surface area contributed by atoms with E-state index in [0.29, 0.717) is 12.2 Å². The summed E-state index contributed by atoms with van der Waals surface area (Å²) in [6.45, 7) is 2.61. The average molecular weight is 262 g/mol. The largest absolute Gasteiger partial charge is 0.394 e. The first kappa shape index (κ1) is 13.4. The molecular weight excluding hydrogens is 243 g/mol. The SMILES string of the molecule is CCc1nn(C)c(N(C)Cc2cccc(F)c2)c1N. The first-order valence-electron chi connectivity index (χ1n) is 6.29. The summed E-state index contributed by atoms with van der Waals surface area (Å²) < 4.78 is 14.9. The predicted octanol–water partition coefficient (Wildman–Crippen LogP) is 2.34. The highest BCUT2D eigenvalue weighted by atomic mass is 19.1. The summed E-state index contributed by atoms with van der Waals surface area (Å²) >= 11 is 0. The molecule has 0 aliphatic rings. The molecule has 0 aliphatic heterocycles. The molecule has 1 aromatic heterocycles. The van der Waals surface area contributed by atoms with Crippen molar-refractivity contribution >= 4 is 11.5 Å². The van der Waals surface area contributed by atoms with E-state index in [0.717, 1.165) is 23.5 Å². The molecule has 2 aromatic rings. The second kappa shape index (κ2) is 5.30. The van der Waals surface area contributed by atoms with Crippen LogP contribution in [0.15, 0.2) is 24.3 Å². The van der Waals surface area contributed by atoms with Crippen molar-refractivity contribution in [1.29, 1.82) is 0 Å². The van der Waals surface area contributed by atoms with Crippen LogP contribution in [0.1, 0.15) is 18.2 Å². The van der Waals surface area contributed by atoms with Gasteiger partial charge < -0.3 is 10.6 Å². The van der Waals surface area contributed by atoms with Crippen LogP contribution in [0, 0.1) is 5.82 Å². The van der Waals surface area contributed by atoms with Crippen LogP contribution < -0.4 is 10.6 Å². The second-order valence-corrected chi connectivity index (χ2v) is 4.65. The van der Waals surface area contributed by atoms with E-state index in [9.17, 15) is 4.39 Å². The normalized spacial score (nSPS) is 10.7. The van der Waals surface area contributed by atoms with Crippen LogP contribution in [-0.2, 0) is 20.0 Å². The first-order chi connectivity index (χ1) is 9.02. The Labute approximate surface area is 112 Å². The molecule has 2 N–H and O–H groups in total. The standard InChI is InChI=1S/C14H19FN4/c1-4-12-13(16)14(19(3)17-12)18(2)9-10-6-5-7-11(15)8-10/h5-8H,4,9,16H2,1-3H3. The van der Waals surface area contributed by atoms with Crippen LogP contribution in [-0.4, -0.2) is 16.8 Å². The van der Waals surface area contributed by atoms with E-state index in [1.54, 1.807) is 10.7 Å². The van der Waals surface area contributed by atoms with Crippen molar-refractivity contribution in [3.8, 4) is 0 Å². The fourth-order valence-corrected chi connectivity index (χ4v) is 2.28. The molecule has 0 amide bonds. The van der Waals surface area contributed by atoms with Gasteiger partial charge in [-0.15, -0.1) is 0 Å². The lowest BCUT2D eigenvalue weighted by molar-refractivity contribution is 0.624. The first-order valence-corrected chi connectivity index (χ1v) is 6.29. The molecular formula is C14H19FN4. The van der Waals surface area contributed by atoms with Gasteiger partial charge in [-0.2, -0.15) is 5.10 Å². The van der Waals surface area contributed by atoms with Crippen molar-refractivity contribution in [2.45, 2.75) is 19.9 Å². The lowest BCUT2D eigenvalue weighted by Crippen LogP contribution is -2.20. The van der Waals surface area contributed by atoms with E-state index in [-0.39, 0.29) is 5.82 Å². The minimum Gasteiger partial charge on any atom is -0.394 e. The van der Waals surface area contributed by atoms with Crippen molar-refractivity contribution in [2.75, 3.05) is 17.7 Å². The van der Waals surface area contributed by atoms with Gasteiger partial charge in [0, 0.05) is 20.6 Å². The molecule has 0 fully saturated rings. The van der Waals surface area contributed by atoms with Crippen LogP contribution in [0.2, 0.25) is 0 Å².